The first-order valence-corrected chi connectivity index (χ1v) is 8.61. The van der Waals surface area contributed by atoms with Crippen LogP contribution in [0.25, 0.3) is 6.08 Å². The molecule has 25 heavy (non-hydrogen) atoms. The summed E-state index contributed by atoms with van der Waals surface area (Å²) in [5.41, 5.74) is 1.21. The molecule has 0 radical (unpaired) electrons. The summed E-state index contributed by atoms with van der Waals surface area (Å²) in [5.74, 6) is 0.831. The maximum atomic E-state index is 12.5. The van der Waals surface area contributed by atoms with Crippen LogP contribution in [0.5, 0.6) is 11.5 Å². The van der Waals surface area contributed by atoms with Crippen molar-refractivity contribution in [1.82, 2.24) is 0 Å². The molecule has 0 heterocycles. The minimum atomic E-state index is -0.315. The highest BCUT2D eigenvalue weighted by atomic mass is 79.9. The normalized spacial score (nSPS) is 10.9. The average Bonchev–Trinajstić information content (AvgIpc) is 2.65. The number of hydrogen-bond acceptors (Lipinski definition) is 4. The van der Waals surface area contributed by atoms with Crippen LogP contribution in [0, 0.1) is 11.3 Å². The van der Waals surface area contributed by atoms with Gasteiger partial charge in [-0.15, -0.1) is 0 Å². The predicted octanol–water partition coefficient (Wildman–Crippen LogP) is 5.04. The molecule has 0 bridgehead atoms. The summed E-state index contributed by atoms with van der Waals surface area (Å²) in [6.45, 7) is 2.59. The van der Waals surface area contributed by atoms with E-state index < -0.39 is 0 Å². The number of rotatable bonds is 7. The monoisotopic (exact) mass is 399 g/mol. The lowest BCUT2D eigenvalue weighted by molar-refractivity contribution is 0.104. The number of ketones is 1. The van der Waals surface area contributed by atoms with Crippen molar-refractivity contribution in [3.05, 3.63) is 63.6 Å². The van der Waals surface area contributed by atoms with E-state index in [4.69, 9.17) is 9.47 Å². The van der Waals surface area contributed by atoms with Gasteiger partial charge in [-0.1, -0.05) is 37.3 Å². The molecule has 0 atom stereocenters. The van der Waals surface area contributed by atoms with Crippen molar-refractivity contribution in [3.8, 4) is 17.6 Å². The number of Topliss-reactive ketones (excluding diaryl/α,β-unsaturated/α-hetero) is 1. The lowest BCUT2D eigenvalue weighted by Gasteiger charge is -2.13. The lowest BCUT2D eigenvalue weighted by Crippen LogP contribution is -2.02. The Kier molecular flexibility index (Phi) is 6.79. The third kappa shape index (κ3) is 4.71. The minimum absolute atomic E-state index is 0.0578. The molecule has 0 fully saturated rings. The van der Waals surface area contributed by atoms with Crippen molar-refractivity contribution >= 4 is 27.8 Å². The zero-order valence-corrected chi connectivity index (χ0v) is 15.7. The van der Waals surface area contributed by atoms with Gasteiger partial charge in [0, 0.05) is 5.56 Å². The van der Waals surface area contributed by atoms with Crippen LogP contribution in [0.15, 0.2) is 52.5 Å². The molecule has 0 aromatic heterocycles. The van der Waals surface area contributed by atoms with E-state index in [2.05, 4.69) is 15.9 Å². The van der Waals surface area contributed by atoms with Gasteiger partial charge in [-0.25, -0.2) is 0 Å². The number of benzene rings is 2. The molecule has 0 spiro atoms. The summed E-state index contributed by atoms with van der Waals surface area (Å²) in [7, 11) is 1.55. The van der Waals surface area contributed by atoms with Crippen molar-refractivity contribution in [2.24, 2.45) is 0 Å². The first-order valence-electron chi connectivity index (χ1n) is 7.82. The Morgan fingerprint density at radius 1 is 1.28 bits per heavy atom. The molecule has 0 unspecified atom stereocenters. The third-order valence-corrected chi connectivity index (χ3v) is 4.00. The Balaban J connectivity index is 2.40. The van der Waals surface area contributed by atoms with Gasteiger partial charge >= 0.3 is 0 Å². The molecule has 0 saturated heterocycles. The molecule has 0 N–H and O–H groups in total. The molecular formula is C20H18BrNO3. The predicted molar refractivity (Wildman–Crippen MR) is 101 cm³/mol. The minimum Gasteiger partial charge on any atom is -0.493 e. The second-order valence-corrected chi connectivity index (χ2v) is 6.10. The van der Waals surface area contributed by atoms with E-state index in [9.17, 15) is 10.1 Å². The van der Waals surface area contributed by atoms with E-state index in [-0.39, 0.29) is 11.4 Å². The fourth-order valence-corrected chi connectivity index (χ4v) is 2.80. The van der Waals surface area contributed by atoms with E-state index in [1.807, 2.05) is 19.1 Å². The van der Waals surface area contributed by atoms with Gasteiger partial charge in [-0.05, 0) is 46.1 Å². The molecule has 0 aliphatic carbocycles. The SMILES string of the molecule is CCCOc1c(Br)cc(/C=C(\C#N)C(=O)c2ccccc2)cc1OC. The maximum absolute atomic E-state index is 12.5. The van der Waals surface area contributed by atoms with Gasteiger partial charge in [-0.3, -0.25) is 4.79 Å². The van der Waals surface area contributed by atoms with Gasteiger partial charge in [-0.2, -0.15) is 5.26 Å². The van der Waals surface area contributed by atoms with Crippen LogP contribution < -0.4 is 9.47 Å². The molecule has 4 nitrogen and oxygen atoms in total. The van der Waals surface area contributed by atoms with Crippen LogP contribution >= 0.6 is 15.9 Å². The maximum Gasteiger partial charge on any atom is 0.203 e. The highest BCUT2D eigenvalue weighted by Gasteiger charge is 2.14. The highest BCUT2D eigenvalue weighted by molar-refractivity contribution is 9.10. The van der Waals surface area contributed by atoms with Crippen LogP contribution in [0.2, 0.25) is 0 Å². The lowest BCUT2D eigenvalue weighted by atomic mass is 10.0. The second-order valence-electron chi connectivity index (χ2n) is 5.25. The first kappa shape index (κ1) is 18.8. The quantitative estimate of drug-likeness (QED) is 0.371. The summed E-state index contributed by atoms with van der Waals surface area (Å²) in [6, 6.07) is 14.2. The van der Waals surface area contributed by atoms with Gasteiger partial charge in [0.15, 0.2) is 11.5 Å². The standard InChI is InChI=1S/C20H18BrNO3/c1-3-9-25-20-17(21)11-14(12-18(20)24-2)10-16(13-22)19(23)15-7-5-4-6-8-15/h4-8,10-12H,3,9H2,1-2H3/b16-10+. The Labute approximate surface area is 155 Å². The Morgan fingerprint density at radius 2 is 2.00 bits per heavy atom. The molecule has 0 aliphatic heterocycles. The number of carbonyl (C=O) groups is 1. The number of methoxy groups -OCH3 is 1. The van der Waals surface area contributed by atoms with Crippen LogP contribution in [-0.2, 0) is 0 Å². The number of hydrogen-bond donors (Lipinski definition) is 0. The topological polar surface area (TPSA) is 59.3 Å². The fraction of sp³-hybridized carbons (Fsp3) is 0.200. The number of allylic oxidation sites excluding steroid dienone is 1. The zero-order valence-electron chi connectivity index (χ0n) is 14.1. The Bertz CT molecular complexity index is 823. The van der Waals surface area contributed by atoms with E-state index >= 15 is 0 Å². The van der Waals surface area contributed by atoms with Crippen molar-refractivity contribution in [3.63, 3.8) is 0 Å². The molecule has 2 aromatic carbocycles. The third-order valence-electron chi connectivity index (χ3n) is 3.41. The number of nitrogens with zero attached hydrogens (tertiary/aromatic N) is 1. The van der Waals surface area contributed by atoms with E-state index in [0.29, 0.717) is 33.7 Å². The van der Waals surface area contributed by atoms with Crippen LogP contribution in [0.3, 0.4) is 0 Å². The number of nitriles is 1. The molecule has 0 aliphatic rings. The molecule has 0 saturated carbocycles. The average molecular weight is 400 g/mol. The summed E-state index contributed by atoms with van der Waals surface area (Å²) in [6.07, 6.45) is 2.42. The van der Waals surface area contributed by atoms with Crippen LogP contribution in [0.4, 0.5) is 0 Å². The number of halogens is 1. The summed E-state index contributed by atoms with van der Waals surface area (Å²) in [4.78, 5) is 12.5. The van der Waals surface area contributed by atoms with E-state index in [0.717, 1.165) is 6.42 Å². The van der Waals surface area contributed by atoms with Gasteiger partial charge in [0.1, 0.15) is 11.6 Å². The van der Waals surface area contributed by atoms with Gasteiger partial charge in [0.25, 0.3) is 0 Å². The zero-order chi connectivity index (χ0) is 18.2. The Hall–Kier alpha value is -2.58. The first-order chi connectivity index (χ1) is 12.1. The van der Waals surface area contributed by atoms with Crippen LogP contribution in [0.1, 0.15) is 29.3 Å². The largest absolute Gasteiger partial charge is 0.493 e. The fourth-order valence-electron chi connectivity index (χ4n) is 2.23. The molecule has 5 heteroatoms. The Morgan fingerprint density at radius 3 is 2.60 bits per heavy atom. The smallest absolute Gasteiger partial charge is 0.203 e. The van der Waals surface area contributed by atoms with Gasteiger partial charge in [0.2, 0.25) is 5.78 Å². The molecule has 2 aromatic rings. The van der Waals surface area contributed by atoms with Crippen molar-refractivity contribution in [1.29, 1.82) is 5.26 Å². The second kappa shape index (κ2) is 9.05. The molecular weight excluding hydrogens is 382 g/mol. The van der Waals surface area contributed by atoms with Gasteiger partial charge < -0.3 is 9.47 Å². The number of ether oxygens (including phenoxy) is 2. The molecule has 0 amide bonds. The van der Waals surface area contributed by atoms with E-state index in [1.54, 1.807) is 49.6 Å². The molecule has 2 rings (SSSR count). The van der Waals surface area contributed by atoms with E-state index in [1.165, 1.54) is 0 Å². The van der Waals surface area contributed by atoms with Crippen molar-refractivity contribution in [2.75, 3.05) is 13.7 Å². The van der Waals surface area contributed by atoms with Crippen LogP contribution in [-0.4, -0.2) is 19.5 Å². The summed E-state index contributed by atoms with van der Waals surface area (Å²) < 4.78 is 11.8. The van der Waals surface area contributed by atoms with Gasteiger partial charge in [0.05, 0.1) is 18.2 Å². The van der Waals surface area contributed by atoms with Crippen molar-refractivity contribution in [2.45, 2.75) is 13.3 Å². The molecule has 128 valence electrons. The number of carbonyl (C=O) groups excluding carboxylic acids is 1. The summed E-state index contributed by atoms with van der Waals surface area (Å²) in [5, 5.41) is 9.38. The van der Waals surface area contributed by atoms with Crippen molar-refractivity contribution < 1.29 is 14.3 Å². The summed E-state index contributed by atoms with van der Waals surface area (Å²) >= 11 is 3.46. The highest BCUT2D eigenvalue weighted by Crippen LogP contribution is 2.37.